The molecular formula is C15H15F3N2O3. The normalized spacial score (nSPS) is 14.3. The van der Waals surface area contributed by atoms with Crippen LogP contribution in [0.2, 0.25) is 0 Å². The molecular weight excluding hydrogens is 313 g/mol. The molecule has 2 N–H and O–H groups in total. The number of aliphatic hydroxyl groups is 1. The van der Waals surface area contributed by atoms with Gasteiger partial charge in [-0.2, -0.15) is 13.2 Å². The maximum absolute atomic E-state index is 13.3. The smallest absolute Gasteiger partial charge is 0.376 e. The van der Waals surface area contributed by atoms with Crippen molar-refractivity contribution in [1.29, 1.82) is 0 Å². The number of hydrogen-bond donors (Lipinski definition) is 2. The standard InChI is InChI=1S/C15H15F3N2O3/c1-10-9-12(20-23-10)13(21)19-8-7-14(22,15(16,17)18)11-5-3-2-4-6-11/h2-6,9,22H,7-8H2,1H3,(H,19,21)/t14-/m0/s1. The third-order valence-electron chi connectivity index (χ3n) is 3.35. The number of benzene rings is 1. The lowest BCUT2D eigenvalue weighted by Crippen LogP contribution is -2.45. The van der Waals surface area contributed by atoms with Gasteiger partial charge in [0.05, 0.1) is 0 Å². The third-order valence-corrected chi connectivity index (χ3v) is 3.35. The maximum atomic E-state index is 13.3. The van der Waals surface area contributed by atoms with Crippen molar-refractivity contribution < 1.29 is 27.6 Å². The molecule has 0 aliphatic carbocycles. The zero-order chi connectivity index (χ0) is 17.1. The monoisotopic (exact) mass is 328 g/mol. The van der Waals surface area contributed by atoms with E-state index in [1.807, 2.05) is 0 Å². The second kappa shape index (κ2) is 6.41. The number of aromatic nitrogens is 1. The average molecular weight is 328 g/mol. The molecule has 1 amide bonds. The van der Waals surface area contributed by atoms with Crippen molar-refractivity contribution in [2.75, 3.05) is 6.54 Å². The number of halogens is 3. The largest absolute Gasteiger partial charge is 0.421 e. The van der Waals surface area contributed by atoms with Gasteiger partial charge in [-0.15, -0.1) is 0 Å². The summed E-state index contributed by atoms with van der Waals surface area (Å²) in [6.45, 7) is 1.21. The van der Waals surface area contributed by atoms with Crippen molar-refractivity contribution in [3.8, 4) is 0 Å². The molecule has 2 rings (SSSR count). The molecule has 0 radical (unpaired) electrons. The molecule has 23 heavy (non-hydrogen) atoms. The molecule has 1 aromatic heterocycles. The molecule has 1 heterocycles. The molecule has 2 aromatic rings. The van der Waals surface area contributed by atoms with Crippen LogP contribution in [0.4, 0.5) is 13.2 Å². The Labute approximate surface area is 130 Å². The van der Waals surface area contributed by atoms with Gasteiger partial charge in [0.1, 0.15) is 5.76 Å². The molecule has 0 saturated heterocycles. The van der Waals surface area contributed by atoms with Crippen LogP contribution in [0.15, 0.2) is 40.9 Å². The first-order valence-electron chi connectivity index (χ1n) is 6.80. The molecule has 1 aromatic carbocycles. The van der Waals surface area contributed by atoms with Gasteiger partial charge in [0, 0.05) is 19.0 Å². The van der Waals surface area contributed by atoms with Crippen LogP contribution in [0, 0.1) is 6.92 Å². The maximum Gasteiger partial charge on any atom is 0.421 e. The van der Waals surface area contributed by atoms with E-state index in [2.05, 4.69) is 10.5 Å². The van der Waals surface area contributed by atoms with Gasteiger partial charge in [0.2, 0.25) is 0 Å². The highest BCUT2D eigenvalue weighted by Gasteiger charge is 2.54. The Bertz CT molecular complexity index is 670. The zero-order valence-electron chi connectivity index (χ0n) is 12.2. The first-order chi connectivity index (χ1) is 10.7. The van der Waals surface area contributed by atoms with Crippen LogP contribution in [0.1, 0.15) is 28.2 Å². The predicted octanol–water partition coefficient (Wildman–Crippen LogP) is 2.55. The van der Waals surface area contributed by atoms with Gasteiger partial charge in [0.25, 0.3) is 5.91 Å². The minimum atomic E-state index is -4.87. The summed E-state index contributed by atoms with van der Waals surface area (Å²) in [5, 5.41) is 15.9. The van der Waals surface area contributed by atoms with Crippen molar-refractivity contribution in [3.05, 3.63) is 53.4 Å². The second-order valence-corrected chi connectivity index (χ2v) is 5.05. The Hall–Kier alpha value is -2.35. The number of hydrogen-bond acceptors (Lipinski definition) is 4. The van der Waals surface area contributed by atoms with Crippen molar-refractivity contribution in [1.82, 2.24) is 10.5 Å². The fourth-order valence-corrected chi connectivity index (χ4v) is 2.08. The molecule has 1 atom stereocenters. The van der Waals surface area contributed by atoms with Crippen molar-refractivity contribution in [2.45, 2.75) is 25.1 Å². The van der Waals surface area contributed by atoms with Crippen molar-refractivity contribution in [2.24, 2.45) is 0 Å². The van der Waals surface area contributed by atoms with Gasteiger partial charge in [-0.3, -0.25) is 4.79 Å². The van der Waals surface area contributed by atoms with E-state index < -0.39 is 24.1 Å². The molecule has 0 unspecified atom stereocenters. The topological polar surface area (TPSA) is 75.4 Å². The number of nitrogens with zero attached hydrogens (tertiary/aromatic N) is 1. The Kier molecular flexibility index (Phi) is 4.74. The van der Waals surface area contributed by atoms with Gasteiger partial charge in [-0.1, -0.05) is 35.5 Å². The summed E-state index contributed by atoms with van der Waals surface area (Å²) in [5.74, 6) is -0.259. The molecule has 0 fully saturated rings. The van der Waals surface area contributed by atoms with Crippen LogP contribution in [0.5, 0.6) is 0 Å². The number of alkyl halides is 3. The average Bonchev–Trinajstić information content (AvgIpc) is 2.93. The van der Waals surface area contributed by atoms with Gasteiger partial charge >= 0.3 is 6.18 Å². The SMILES string of the molecule is Cc1cc(C(=O)NCC[C@](O)(c2ccccc2)C(F)(F)F)no1. The Morgan fingerprint density at radius 2 is 1.96 bits per heavy atom. The van der Waals surface area contributed by atoms with Gasteiger partial charge in [-0.25, -0.2) is 0 Å². The summed E-state index contributed by atoms with van der Waals surface area (Å²) in [7, 11) is 0. The molecule has 0 saturated carbocycles. The van der Waals surface area contributed by atoms with Crippen LogP contribution >= 0.6 is 0 Å². The van der Waals surface area contributed by atoms with Crippen LogP contribution < -0.4 is 5.32 Å². The zero-order valence-corrected chi connectivity index (χ0v) is 12.2. The summed E-state index contributed by atoms with van der Waals surface area (Å²) in [6.07, 6.45) is -5.59. The van der Waals surface area contributed by atoms with Crippen LogP contribution in [-0.2, 0) is 5.60 Å². The summed E-state index contributed by atoms with van der Waals surface area (Å²) < 4.78 is 44.5. The molecule has 5 nitrogen and oxygen atoms in total. The number of aryl methyl sites for hydroxylation is 1. The van der Waals surface area contributed by atoms with E-state index in [0.29, 0.717) is 5.76 Å². The Morgan fingerprint density at radius 1 is 1.30 bits per heavy atom. The highest BCUT2D eigenvalue weighted by molar-refractivity contribution is 5.92. The van der Waals surface area contributed by atoms with E-state index in [9.17, 15) is 23.1 Å². The lowest BCUT2D eigenvalue weighted by Gasteiger charge is -2.31. The molecule has 124 valence electrons. The number of carbonyl (C=O) groups is 1. The van der Waals surface area contributed by atoms with Crippen molar-refractivity contribution in [3.63, 3.8) is 0 Å². The Morgan fingerprint density at radius 3 is 2.48 bits per heavy atom. The molecule has 0 bridgehead atoms. The van der Waals surface area contributed by atoms with Crippen LogP contribution in [0.25, 0.3) is 0 Å². The number of amides is 1. The lowest BCUT2D eigenvalue weighted by molar-refractivity contribution is -0.268. The highest BCUT2D eigenvalue weighted by atomic mass is 19.4. The van der Waals surface area contributed by atoms with Gasteiger partial charge < -0.3 is 14.9 Å². The van der Waals surface area contributed by atoms with E-state index >= 15 is 0 Å². The third kappa shape index (κ3) is 3.70. The quantitative estimate of drug-likeness (QED) is 0.884. The first-order valence-corrected chi connectivity index (χ1v) is 6.80. The van der Waals surface area contributed by atoms with Gasteiger partial charge in [-0.05, 0) is 12.5 Å². The fraction of sp³-hybridized carbons (Fsp3) is 0.333. The fourth-order valence-electron chi connectivity index (χ4n) is 2.08. The van der Waals surface area contributed by atoms with Crippen LogP contribution in [-0.4, -0.2) is 28.9 Å². The summed E-state index contributed by atoms with van der Waals surface area (Å²) >= 11 is 0. The van der Waals surface area contributed by atoms with Crippen molar-refractivity contribution >= 4 is 5.91 Å². The predicted molar refractivity (Wildman–Crippen MR) is 74.6 cm³/mol. The molecule has 8 heteroatoms. The number of rotatable bonds is 5. The molecule has 0 spiro atoms. The molecule has 0 aliphatic heterocycles. The molecule has 0 aliphatic rings. The minimum absolute atomic E-state index is 0.0299. The Balaban J connectivity index is 2.07. The van der Waals surface area contributed by atoms with E-state index in [4.69, 9.17) is 4.52 Å². The van der Waals surface area contributed by atoms with E-state index in [-0.39, 0.29) is 17.8 Å². The van der Waals surface area contributed by atoms with E-state index in [1.165, 1.54) is 30.3 Å². The minimum Gasteiger partial charge on any atom is -0.376 e. The second-order valence-electron chi connectivity index (χ2n) is 5.05. The van der Waals surface area contributed by atoms with E-state index in [1.54, 1.807) is 13.0 Å². The summed E-state index contributed by atoms with van der Waals surface area (Å²) in [5.41, 5.74) is -3.35. The summed E-state index contributed by atoms with van der Waals surface area (Å²) in [6, 6.07) is 8.11. The van der Waals surface area contributed by atoms with E-state index in [0.717, 1.165) is 0 Å². The number of carbonyl (C=O) groups excluding carboxylic acids is 1. The summed E-state index contributed by atoms with van der Waals surface area (Å²) in [4.78, 5) is 11.7. The van der Waals surface area contributed by atoms with Crippen LogP contribution in [0.3, 0.4) is 0 Å². The number of nitrogens with one attached hydrogen (secondary N) is 1. The first kappa shape index (κ1) is 17.0. The van der Waals surface area contributed by atoms with Gasteiger partial charge in [0.15, 0.2) is 11.3 Å². The lowest BCUT2D eigenvalue weighted by atomic mass is 9.89. The highest BCUT2D eigenvalue weighted by Crippen LogP contribution is 2.41.